The minimum Gasteiger partial charge on any atom is -0.485 e. The van der Waals surface area contributed by atoms with Gasteiger partial charge in [0.2, 0.25) is 10.0 Å². The standard InChI is InChI=1S/C18H20N4O5S/c1-2-3-9-21-17-8-7-15(28(19,25)26)11-16(17)20-18(21)12-27-14-6-4-5-13(10-14)22(23)24/h4-8,10-11H,2-3,9,12H2,1H3,(H2,19,25,26). The minimum absolute atomic E-state index is 0.00806. The maximum absolute atomic E-state index is 11.6. The first-order valence-electron chi connectivity index (χ1n) is 8.69. The number of rotatable bonds is 8. The molecule has 0 atom stereocenters. The summed E-state index contributed by atoms with van der Waals surface area (Å²) in [5, 5.41) is 16.1. The molecule has 0 aliphatic heterocycles. The Bertz CT molecular complexity index is 1120. The van der Waals surface area contributed by atoms with Gasteiger partial charge in [-0.15, -0.1) is 0 Å². The van der Waals surface area contributed by atoms with Gasteiger partial charge in [0.05, 0.1) is 26.9 Å². The summed E-state index contributed by atoms with van der Waals surface area (Å²) >= 11 is 0. The molecule has 3 rings (SSSR count). The normalized spacial score (nSPS) is 11.6. The fourth-order valence-electron chi connectivity index (χ4n) is 2.85. The monoisotopic (exact) mass is 404 g/mol. The molecule has 2 N–H and O–H groups in total. The van der Waals surface area contributed by atoms with Crippen LogP contribution in [0, 0.1) is 10.1 Å². The van der Waals surface area contributed by atoms with Gasteiger partial charge in [-0.1, -0.05) is 19.4 Å². The molecule has 148 valence electrons. The number of non-ortho nitro benzene ring substituents is 1. The minimum atomic E-state index is -3.83. The first kappa shape index (κ1) is 19.8. The van der Waals surface area contributed by atoms with E-state index in [4.69, 9.17) is 9.88 Å². The molecule has 1 heterocycles. The highest BCUT2D eigenvalue weighted by atomic mass is 32.2. The lowest BCUT2D eigenvalue weighted by Gasteiger charge is -2.10. The summed E-state index contributed by atoms with van der Waals surface area (Å²) in [5.41, 5.74) is 1.22. The second-order valence-electron chi connectivity index (χ2n) is 6.27. The summed E-state index contributed by atoms with van der Waals surface area (Å²) in [5.74, 6) is 0.954. The molecule has 0 unspecified atom stereocenters. The average molecular weight is 404 g/mol. The van der Waals surface area contributed by atoms with Crippen molar-refractivity contribution in [1.82, 2.24) is 9.55 Å². The van der Waals surface area contributed by atoms with E-state index in [0.29, 0.717) is 23.6 Å². The number of nitrogens with two attached hydrogens (primary N) is 1. The first-order chi connectivity index (χ1) is 13.3. The van der Waals surface area contributed by atoms with Crippen LogP contribution >= 0.6 is 0 Å². The van der Waals surface area contributed by atoms with E-state index in [9.17, 15) is 18.5 Å². The van der Waals surface area contributed by atoms with E-state index in [1.807, 2.05) is 4.57 Å². The highest BCUT2D eigenvalue weighted by Crippen LogP contribution is 2.23. The van der Waals surface area contributed by atoms with Gasteiger partial charge in [-0.05, 0) is 30.7 Å². The van der Waals surface area contributed by atoms with Crippen LogP contribution in [0.2, 0.25) is 0 Å². The van der Waals surface area contributed by atoms with Crippen LogP contribution in [-0.4, -0.2) is 22.9 Å². The molecule has 0 spiro atoms. The lowest BCUT2D eigenvalue weighted by Crippen LogP contribution is -2.11. The number of primary sulfonamides is 1. The summed E-state index contributed by atoms with van der Waals surface area (Å²) in [6.07, 6.45) is 1.88. The van der Waals surface area contributed by atoms with E-state index < -0.39 is 14.9 Å². The number of nitro groups is 1. The number of aromatic nitrogens is 2. The topological polar surface area (TPSA) is 130 Å². The van der Waals surface area contributed by atoms with Crippen molar-refractivity contribution in [2.24, 2.45) is 5.14 Å². The van der Waals surface area contributed by atoms with Crippen LogP contribution in [0.3, 0.4) is 0 Å². The molecule has 0 fully saturated rings. The Labute approximate surface area is 162 Å². The van der Waals surface area contributed by atoms with Crippen molar-refractivity contribution < 1.29 is 18.1 Å². The second kappa shape index (κ2) is 7.95. The van der Waals surface area contributed by atoms with E-state index in [0.717, 1.165) is 18.4 Å². The van der Waals surface area contributed by atoms with Crippen LogP contribution in [0.1, 0.15) is 25.6 Å². The smallest absolute Gasteiger partial charge is 0.273 e. The van der Waals surface area contributed by atoms with Gasteiger partial charge in [0.25, 0.3) is 5.69 Å². The maximum atomic E-state index is 11.6. The number of hydrogen-bond acceptors (Lipinski definition) is 6. The number of ether oxygens (including phenoxy) is 1. The Hall–Kier alpha value is -2.98. The lowest BCUT2D eigenvalue weighted by molar-refractivity contribution is -0.384. The van der Waals surface area contributed by atoms with E-state index in [1.54, 1.807) is 18.2 Å². The molecule has 0 bridgehead atoms. The molecule has 0 aliphatic rings. The van der Waals surface area contributed by atoms with Crippen molar-refractivity contribution in [2.75, 3.05) is 0 Å². The molecule has 1 aromatic heterocycles. The summed E-state index contributed by atoms with van der Waals surface area (Å²) in [7, 11) is -3.83. The molecule has 2 aromatic carbocycles. The predicted octanol–water partition coefficient (Wildman–Crippen LogP) is 2.97. The van der Waals surface area contributed by atoms with E-state index >= 15 is 0 Å². The summed E-state index contributed by atoms with van der Waals surface area (Å²) in [4.78, 5) is 14.9. The van der Waals surface area contributed by atoms with Crippen LogP contribution in [0.15, 0.2) is 47.4 Å². The van der Waals surface area contributed by atoms with Gasteiger partial charge >= 0.3 is 0 Å². The van der Waals surface area contributed by atoms with Gasteiger partial charge in [0.15, 0.2) is 0 Å². The predicted molar refractivity (Wildman–Crippen MR) is 103 cm³/mol. The molecule has 28 heavy (non-hydrogen) atoms. The zero-order valence-electron chi connectivity index (χ0n) is 15.2. The zero-order valence-corrected chi connectivity index (χ0v) is 16.1. The van der Waals surface area contributed by atoms with E-state index in [2.05, 4.69) is 11.9 Å². The molecule has 0 saturated heterocycles. The summed E-state index contributed by atoms with van der Waals surface area (Å²) < 4.78 is 30.9. The number of fused-ring (bicyclic) bond motifs is 1. The third-order valence-electron chi connectivity index (χ3n) is 4.26. The van der Waals surface area contributed by atoms with E-state index in [1.165, 1.54) is 24.3 Å². The number of hydrogen-bond donors (Lipinski definition) is 1. The van der Waals surface area contributed by atoms with Crippen molar-refractivity contribution in [3.05, 3.63) is 58.4 Å². The number of imidazole rings is 1. The molecule has 3 aromatic rings. The van der Waals surface area contributed by atoms with Gasteiger partial charge < -0.3 is 9.30 Å². The van der Waals surface area contributed by atoms with Crippen LogP contribution in [-0.2, 0) is 23.2 Å². The quantitative estimate of drug-likeness (QED) is 0.454. The van der Waals surface area contributed by atoms with Gasteiger partial charge in [0, 0.05) is 12.6 Å². The molecular weight excluding hydrogens is 384 g/mol. The number of sulfonamides is 1. The number of nitro benzene ring substituents is 1. The van der Waals surface area contributed by atoms with Gasteiger partial charge in [-0.2, -0.15) is 0 Å². The zero-order chi connectivity index (χ0) is 20.3. The lowest BCUT2D eigenvalue weighted by atomic mass is 10.3. The largest absolute Gasteiger partial charge is 0.485 e. The average Bonchev–Trinajstić information content (AvgIpc) is 3.01. The van der Waals surface area contributed by atoms with Crippen molar-refractivity contribution in [2.45, 2.75) is 37.8 Å². The third kappa shape index (κ3) is 4.29. The molecule has 0 amide bonds. The van der Waals surface area contributed by atoms with Gasteiger partial charge in [0.1, 0.15) is 18.2 Å². The third-order valence-corrected chi connectivity index (χ3v) is 5.17. The number of benzene rings is 2. The Balaban J connectivity index is 1.94. The highest BCUT2D eigenvalue weighted by molar-refractivity contribution is 7.89. The molecule has 0 saturated carbocycles. The number of unbranched alkanes of at least 4 members (excludes halogenated alkanes) is 1. The first-order valence-corrected chi connectivity index (χ1v) is 10.2. The molecule has 0 radical (unpaired) electrons. The summed E-state index contributed by atoms with van der Waals surface area (Å²) in [6.45, 7) is 2.84. The van der Waals surface area contributed by atoms with Crippen LogP contribution in [0.4, 0.5) is 5.69 Å². The molecular formula is C18H20N4O5S. The van der Waals surface area contributed by atoms with Crippen molar-refractivity contribution in [1.29, 1.82) is 0 Å². The second-order valence-corrected chi connectivity index (χ2v) is 7.83. The molecule has 9 nitrogen and oxygen atoms in total. The number of aryl methyl sites for hydroxylation is 1. The molecule has 0 aliphatic carbocycles. The Morgan fingerprint density at radius 2 is 2.04 bits per heavy atom. The number of nitrogens with zero attached hydrogens (tertiary/aromatic N) is 3. The van der Waals surface area contributed by atoms with E-state index in [-0.39, 0.29) is 17.2 Å². The Morgan fingerprint density at radius 3 is 2.71 bits per heavy atom. The fraction of sp³-hybridized carbons (Fsp3) is 0.278. The van der Waals surface area contributed by atoms with Crippen LogP contribution < -0.4 is 9.88 Å². The maximum Gasteiger partial charge on any atom is 0.273 e. The summed E-state index contributed by atoms with van der Waals surface area (Å²) in [6, 6.07) is 10.5. The van der Waals surface area contributed by atoms with Crippen molar-refractivity contribution >= 4 is 26.7 Å². The Kier molecular flexibility index (Phi) is 5.61. The highest BCUT2D eigenvalue weighted by Gasteiger charge is 2.15. The van der Waals surface area contributed by atoms with Gasteiger partial charge in [-0.3, -0.25) is 10.1 Å². The SMILES string of the molecule is CCCCn1c(COc2cccc([N+](=O)[O-])c2)nc2cc(S(N)(=O)=O)ccc21. The van der Waals surface area contributed by atoms with Crippen molar-refractivity contribution in [3.8, 4) is 5.75 Å². The molecule has 10 heteroatoms. The Morgan fingerprint density at radius 1 is 1.25 bits per heavy atom. The van der Waals surface area contributed by atoms with Gasteiger partial charge in [-0.25, -0.2) is 18.5 Å². The fourth-order valence-corrected chi connectivity index (χ4v) is 3.38. The van der Waals surface area contributed by atoms with Crippen molar-refractivity contribution in [3.63, 3.8) is 0 Å². The van der Waals surface area contributed by atoms with Crippen LogP contribution in [0.5, 0.6) is 5.75 Å². The van der Waals surface area contributed by atoms with Crippen LogP contribution in [0.25, 0.3) is 11.0 Å².